The third-order valence-corrected chi connectivity index (χ3v) is 10.5. The first kappa shape index (κ1) is 31.0. The highest BCUT2D eigenvalue weighted by molar-refractivity contribution is 8.00. The summed E-state index contributed by atoms with van der Waals surface area (Å²) in [5, 5.41) is 15.5. The number of rotatable bonds is 10. The number of ether oxygens (including phenoxy) is 1. The molecule has 12 nitrogen and oxygen atoms in total. The molecular weight excluding hydrogens is 651 g/mol. The predicted octanol–water partition coefficient (Wildman–Crippen LogP) is 5.27. The molecule has 5 heterocycles. The van der Waals surface area contributed by atoms with Gasteiger partial charge < -0.3 is 15.0 Å². The molecule has 1 atom stereocenters. The number of aromatic amines is 1. The molecule has 2 aliphatic rings. The van der Waals surface area contributed by atoms with Crippen LogP contribution in [-0.4, -0.2) is 101 Å². The van der Waals surface area contributed by atoms with Crippen molar-refractivity contribution in [1.29, 1.82) is 0 Å². The molecule has 0 aliphatic carbocycles. The number of carbonyl (C=O) groups is 2. The lowest BCUT2D eigenvalue weighted by molar-refractivity contribution is -0.132. The van der Waals surface area contributed by atoms with Gasteiger partial charge in [-0.2, -0.15) is 10.2 Å². The summed E-state index contributed by atoms with van der Waals surface area (Å²) < 4.78 is 23.7. The van der Waals surface area contributed by atoms with Crippen LogP contribution < -0.4 is 10.1 Å². The molecule has 0 radical (unpaired) electrons. The molecule has 0 saturated carbocycles. The third-order valence-electron chi connectivity index (χ3n) is 9.18. The molecule has 3 aromatic heterocycles. The largest absolute Gasteiger partial charge is 0.475 e. The maximum Gasteiger partial charge on any atom is 0.241 e. The third kappa shape index (κ3) is 7.01. The minimum Gasteiger partial charge on any atom is -0.475 e. The van der Waals surface area contributed by atoms with Crippen molar-refractivity contribution in [3.63, 3.8) is 0 Å². The van der Waals surface area contributed by atoms with E-state index in [-0.39, 0.29) is 48.1 Å². The zero-order chi connectivity index (χ0) is 36.6. The molecule has 2 amide bonds. The average Bonchev–Trinajstić information content (AvgIpc) is 3.87. The van der Waals surface area contributed by atoms with Gasteiger partial charge in [-0.15, -0.1) is 11.8 Å². The van der Waals surface area contributed by atoms with Crippen LogP contribution >= 0.6 is 11.8 Å². The van der Waals surface area contributed by atoms with Gasteiger partial charge in [0.05, 0.1) is 20.9 Å². The number of hydrogen-bond donors (Lipinski definition) is 2. The first-order valence-electron chi connectivity index (χ1n) is 17.7. The second-order valence-electron chi connectivity index (χ2n) is 13.0. The number of hydrogen-bond acceptors (Lipinski definition) is 9. The van der Waals surface area contributed by atoms with Gasteiger partial charge in [0.25, 0.3) is 0 Å². The van der Waals surface area contributed by atoms with E-state index in [0.717, 1.165) is 17.5 Å². The van der Waals surface area contributed by atoms with Gasteiger partial charge in [0.15, 0.2) is 5.82 Å². The van der Waals surface area contributed by atoms with Crippen molar-refractivity contribution in [2.24, 2.45) is 7.05 Å². The van der Waals surface area contributed by atoms with Crippen molar-refractivity contribution in [1.82, 2.24) is 39.7 Å². The molecule has 7 rings (SSSR count). The molecule has 0 unspecified atom stereocenters. The zero-order valence-corrected chi connectivity index (χ0v) is 29.4. The molecule has 13 heteroatoms. The summed E-state index contributed by atoms with van der Waals surface area (Å²) in [6, 6.07) is 15.2. The van der Waals surface area contributed by atoms with E-state index in [9.17, 15) is 9.59 Å². The van der Waals surface area contributed by atoms with Crippen LogP contribution in [-0.2, 0) is 16.6 Å². The quantitative estimate of drug-likeness (QED) is 0.201. The van der Waals surface area contributed by atoms with E-state index in [0.29, 0.717) is 60.7 Å². The number of benzene rings is 2. The fraction of sp³-hybridized carbons (Fsp3) is 0.351. The van der Waals surface area contributed by atoms with E-state index < -0.39 is 4.75 Å². The molecule has 1 saturated heterocycles. The van der Waals surface area contributed by atoms with E-state index in [2.05, 4.69) is 53.7 Å². The molecule has 2 aromatic carbocycles. The fourth-order valence-corrected chi connectivity index (χ4v) is 7.30. The molecule has 0 spiro atoms. The summed E-state index contributed by atoms with van der Waals surface area (Å²) in [5.41, 5.74) is 5.28. The maximum absolute atomic E-state index is 13.9. The SMILES string of the molecule is [3H]c1cc(OC(C)C)nc([3H])c1-c1n[nH]c2ccc(NC(=O)[C@]3(SC)CCN(CC(=O)N4CC=C(c5ccc(-c6ncn(C)n6)cc5)CC4)C3)cc12. The van der Waals surface area contributed by atoms with Crippen LogP contribution in [0.25, 0.3) is 39.1 Å². The lowest BCUT2D eigenvalue weighted by atomic mass is 9.98. The van der Waals surface area contributed by atoms with Crippen LogP contribution in [0.1, 0.15) is 35.0 Å². The second-order valence-corrected chi connectivity index (χ2v) is 14.2. The van der Waals surface area contributed by atoms with Gasteiger partial charge >= 0.3 is 0 Å². The van der Waals surface area contributed by atoms with Gasteiger partial charge in [-0.1, -0.05) is 30.3 Å². The molecule has 0 bridgehead atoms. The number of thioether (sulfide) groups is 1. The van der Waals surface area contributed by atoms with Gasteiger partial charge in [-0.3, -0.25) is 24.3 Å². The van der Waals surface area contributed by atoms with Gasteiger partial charge in [0, 0.05) is 67.7 Å². The van der Waals surface area contributed by atoms with Crippen LogP contribution in [0, 0.1) is 0 Å². The Hall–Kier alpha value is -5.01. The van der Waals surface area contributed by atoms with Crippen molar-refractivity contribution in [3.8, 4) is 28.5 Å². The van der Waals surface area contributed by atoms with Crippen molar-refractivity contribution < 1.29 is 17.1 Å². The number of carbonyl (C=O) groups excluding carboxylic acids is 2. The summed E-state index contributed by atoms with van der Waals surface area (Å²) >= 11 is 1.50. The van der Waals surface area contributed by atoms with E-state index in [1.165, 1.54) is 23.4 Å². The van der Waals surface area contributed by atoms with Gasteiger partial charge in [-0.05, 0) is 68.3 Å². The molecule has 2 N–H and O–H groups in total. The van der Waals surface area contributed by atoms with Crippen molar-refractivity contribution in [2.45, 2.75) is 37.5 Å². The maximum atomic E-state index is 13.9. The number of anilines is 1. The van der Waals surface area contributed by atoms with Crippen LogP contribution in [0.2, 0.25) is 0 Å². The Morgan fingerprint density at radius 1 is 1.10 bits per heavy atom. The number of aryl methyl sites for hydroxylation is 1. The lowest BCUT2D eigenvalue weighted by Gasteiger charge is -2.29. The monoisotopic (exact) mass is 695 g/mol. The molecule has 2 aliphatic heterocycles. The number of nitrogens with zero attached hydrogens (tertiary/aromatic N) is 7. The van der Waals surface area contributed by atoms with Gasteiger partial charge in [-0.25, -0.2) is 9.97 Å². The number of aromatic nitrogens is 6. The van der Waals surface area contributed by atoms with E-state index in [1.807, 2.05) is 50.2 Å². The van der Waals surface area contributed by atoms with E-state index >= 15 is 0 Å². The Kier molecular flexibility index (Phi) is 8.73. The minimum atomic E-state index is -0.723. The number of likely N-dealkylation sites (tertiary alicyclic amines) is 1. The van der Waals surface area contributed by atoms with Crippen molar-refractivity contribution >= 4 is 45.7 Å². The summed E-state index contributed by atoms with van der Waals surface area (Å²) in [4.78, 5) is 39.8. The highest BCUT2D eigenvalue weighted by Crippen LogP contribution is 2.36. The molecule has 50 heavy (non-hydrogen) atoms. The van der Waals surface area contributed by atoms with Crippen LogP contribution in [0.5, 0.6) is 5.88 Å². The Morgan fingerprint density at radius 3 is 2.62 bits per heavy atom. The van der Waals surface area contributed by atoms with Crippen LogP contribution in [0.15, 0.2) is 73.1 Å². The molecule has 5 aromatic rings. The summed E-state index contributed by atoms with van der Waals surface area (Å²) in [5.74, 6) is 0.840. The number of pyridine rings is 1. The zero-order valence-electron chi connectivity index (χ0n) is 30.6. The Bertz CT molecular complexity index is 2140. The Labute approximate surface area is 298 Å². The fourth-order valence-electron chi connectivity index (χ4n) is 6.45. The standard InChI is InChI=1S/C37H41N9O3S/c1-24(2)49-32-12-9-28(20-38-32)34-30-19-29(10-11-31(30)41-42-34)40-36(48)37(50-4)15-18-45(22-37)21-33(47)46-16-13-26(14-17-46)25-5-7-27(8-6-25)35-39-23-44(3)43-35/h5-13,19-20,23-24H,14-18,21-22H2,1-4H3,(H,40,48)(H,41,42)/t37-/m0/s1/i9T,20T. The Balaban J connectivity index is 0.978. The van der Waals surface area contributed by atoms with Crippen LogP contribution in [0.3, 0.4) is 0 Å². The average molecular weight is 696 g/mol. The number of fused-ring (bicyclic) bond motifs is 1. The summed E-state index contributed by atoms with van der Waals surface area (Å²) in [6.07, 6.45) is 6.88. The Morgan fingerprint density at radius 2 is 1.92 bits per heavy atom. The van der Waals surface area contributed by atoms with Gasteiger partial charge in [0.1, 0.15) is 16.8 Å². The molecule has 1 fully saturated rings. The number of H-pyrrole nitrogens is 1. The van der Waals surface area contributed by atoms with Crippen molar-refractivity contribution in [2.75, 3.05) is 44.3 Å². The number of amides is 2. The molecular formula is C37H41N9O3S. The minimum absolute atomic E-state index is 0.0583. The first-order chi connectivity index (χ1) is 25.0. The second kappa shape index (κ2) is 14.1. The van der Waals surface area contributed by atoms with Gasteiger partial charge in [0.2, 0.25) is 17.7 Å². The van der Waals surface area contributed by atoms with Crippen LogP contribution in [0.4, 0.5) is 5.69 Å². The normalized spacial score (nSPS) is 18.7. The lowest BCUT2D eigenvalue weighted by Crippen LogP contribution is -2.45. The highest BCUT2D eigenvalue weighted by atomic mass is 32.2. The number of nitrogens with one attached hydrogen (secondary N) is 2. The topological polar surface area (TPSA) is 134 Å². The first-order valence-corrected chi connectivity index (χ1v) is 17.9. The predicted molar refractivity (Wildman–Crippen MR) is 197 cm³/mol. The summed E-state index contributed by atoms with van der Waals surface area (Å²) in [7, 11) is 1.85. The van der Waals surface area contributed by atoms with E-state index in [4.69, 9.17) is 7.48 Å². The summed E-state index contributed by atoms with van der Waals surface area (Å²) in [6.45, 7) is 6.26. The van der Waals surface area contributed by atoms with E-state index in [1.54, 1.807) is 23.1 Å². The smallest absolute Gasteiger partial charge is 0.241 e. The van der Waals surface area contributed by atoms with Crippen molar-refractivity contribution in [3.05, 3.63) is 78.7 Å². The highest BCUT2D eigenvalue weighted by Gasteiger charge is 2.44. The molecule has 258 valence electrons.